The summed E-state index contributed by atoms with van der Waals surface area (Å²) in [4.78, 5) is 12.6. The van der Waals surface area contributed by atoms with Gasteiger partial charge in [0.2, 0.25) is 0 Å². The van der Waals surface area contributed by atoms with Crippen LogP contribution < -0.4 is 5.73 Å². The van der Waals surface area contributed by atoms with E-state index >= 15 is 0 Å². The van der Waals surface area contributed by atoms with Gasteiger partial charge in [-0.25, -0.2) is 4.79 Å². The van der Waals surface area contributed by atoms with E-state index in [9.17, 15) is 4.79 Å². The number of hydrogen-bond donors (Lipinski definition) is 1. The number of nitrogens with two attached hydrogens (primary N) is 1. The normalized spacial score (nSPS) is 10.4. The van der Waals surface area contributed by atoms with Crippen LogP contribution in [0.3, 0.4) is 0 Å². The van der Waals surface area contributed by atoms with Gasteiger partial charge >= 0.3 is 5.97 Å². The van der Waals surface area contributed by atoms with Gasteiger partial charge in [0, 0.05) is 10.6 Å². The third kappa shape index (κ3) is 3.12. The minimum atomic E-state index is -0.377. The first-order valence-corrected chi connectivity index (χ1v) is 6.74. The fourth-order valence-electron chi connectivity index (χ4n) is 1.63. The van der Waals surface area contributed by atoms with Crippen LogP contribution in [-0.4, -0.2) is 13.1 Å². The van der Waals surface area contributed by atoms with Gasteiger partial charge in [-0.05, 0) is 36.8 Å². The zero-order valence-electron chi connectivity index (χ0n) is 10.8. The first kappa shape index (κ1) is 13.5. The van der Waals surface area contributed by atoms with Gasteiger partial charge in [-0.15, -0.1) is 11.8 Å². The number of aryl methyl sites for hydroxylation is 1. The number of anilines is 1. The van der Waals surface area contributed by atoms with Crippen molar-refractivity contribution in [3.63, 3.8) is 0 Å². The topological polar surface area (TPSA) is 65.5 Å². The van der Waals surface area contributed by atoms with Crippen LogP contribution in [0.15, 0.2) is 39.8 Å². The van der Waals surface area contributed by atoms with Crippen LogP contribution in [0.4, 0.5) is 5.69 Å². The molecule has 0 radical (unpaired) electrons. The average molecular weight is 277 g/mol. The van der Waals surface area contributed by atoms with Gasteiger partial charge in [0.05, 0.1) is 19.1 Å². The zero-order chi connectivity index (χ0) is 13.8. The number of thioether (sulfide) groups is 1. The van der Waals surface area contributed by atoms with Crippen LogP contribution in [0.5, 0.6) is 0 Å². The Balaban J connectivity index is 2.08. The van der Waals surface area contributed by atoms with Gasteiger partial charge in [-0.3, -0.25) is 0 Å². The van der Waals surface area contributed by atoms with Crippen molar-refractivity contribution in [3.05, 3.63) is 47.4 Å². The molecule has 0 aliphatic carbocycles. The van der Waals surface area contributed by atoms with Crippen molar-refractivity contribution in [2.75, 3.05) is 12.8 Å². The van der Waals surface area contributed by atoms with Crippen LogP contribution in [0.1, 0.15) is 21.7 Å². The van der Waals surface area contributed by atoms with E-state index in [-0.39, 0.29) is 5.97 Å². The molecule has 0 aliphatic rings. The van der Waals surface area contributed by atoms with Crippen molar-refractivity contribution in [3.8, 4) is 0 Å². The molecule has 0 unspecified atom stereocenters. The standard InChI is InChI=1S/C14H15NO3S/c1-9-7-10(3-4-12(9)15)19-8-13-11(5-6-18-13)14(16)17-2/h3-7H,8,15H2,1-2H3. The summed E-state index contributed by atoms with van der Waals surface area (Å²) in [7, 11) is 1.36. The van der Waals surface area contributed by atoms with Crippen LogP contribution in [0.25, 0.3) is 0 Å². The molecule has 1 aromatic heterocycles. The Kier molecular flexibility index (Phi) is 4.16. The van der Waals surface area contributed by atoms with Gasteiger partial charge in [-0.1, -0.05) is 0 Å². The molecule has 0 atom stereocenters. The summed E-state index contributed by atoms with van der Waals surface area (Å²) in [5.74, 6) is 0.810. The highest BCUT2D eigenvalue weighted by Gasteiger charge is 2.15. The van der Waals surface area contributed by atoms with E-state index in [1.165, 1.54) is 13.4 Å². The Morgan fingerprint density at radius 2 is 2.21 bits per heavy atom. The third-order valence-electron chi connectivity index (χ3n) is 2.76. The SMILES string of the molecule is COC(=O)c1ccoc1CSc1ccc(N)c(C)c1. The van der Waals surface area contributed by atoms with Gasteiger partial charge in [-0.2, -0.15) is 0 Å². The Morgan fingerprint density at radius 1 is 1.42 bits per heavy atom. The van der Waals surface area contributed by atoms with E-state index in [2.05, 4.69) is 0 Å². The first-order chi connectivity index (χ1) is 9.11. The second-order valence-corrected chi connectivity index (χ2v) is 5.10. The monoisotopic (exact) mass is 277 g/mol. The van der Waals surface area contributed by atoms with Crippen molar-refractivity contribution in [2.24, 2.45) is 0 Å². The molecule has 0 saturated carbocycles. The van der Waals surface area contributed by atoms with E-state index in [0.717, 1.165) is 16.1 Å². The lowest BCUT2D eigenvalue weighted by Crippen LogP contribution is -2.02. The predicted molar refractivity (Wildman–Crippen MR) is 75.2 cm³/mol. The van der Waals surface area contributed by atoms with Crippen molar-refractivity contribution in [1.82, 2.24) is 0 Å². The van der Waals surface area contributed by atoms with E-state index < -0.39 is 0 Å². The van der Waals surface area contributed by atoms with E-state index in [0.29, 0.717) is 17.1 Å². The molecule has 19 heavy (non-hydrogen) atoms. The number of carbonyl (C=O) groups is 1. The molecule has 2 aromatic rings. The molecular formula is C14H15NO3S. The Bertz CT molecular complexity index is 592. The maximum absolute atomic E-state index is 11.5. The molecule has 1 heterocycles. The van der Waals surface area contributed by atoms with E-state index in [1.807, 2.05) is 25.1 Å². The number of furan rings is 1. The number of rotatable bonds is 4. The molecule has 0 aliphatic heterocycles. The molecule has 1 aromatic carbocycles. The lowest BCUT2D eigenvalue weighted by atomic mass is 10.2. The Labute approximate surface area is 115 Å². The first-order valence-electron chi connectivity index (χ1n) is 5.75. The quantitative estimate of drug-likeness (QED) is 0.528. The van der Waals surface area contributed by atoms with E-state index in [4.69, 9.17) is 14.9 Å². The number of nitrogen functional groups attached to an aromatic ring is 1. The maximum Gasteiger partial charge on any atom is 0.341 e. The summed E-state index contributed by atoms with van der Waals surface area (Å²) in [5.41, 5.74) is 8.06. The highest BCUT2D eigenvalue weighted by atomic mass is 32.2. The fraction of sp³-hybridized carbons (Fsp3) is 0.214. The summed E-state index contributed by atoms with van der Waals surface area (Å²) >= 11 is 1.59. The average Bonchev–Trinajstić information content (AvgIpc) is 2.87. The summed E-state index contributed by atoms with van der Waals surface area (Å²) < 4.78 is 10.0. The van der Waals surface area contributed by atoms with Gasteiger partial charge in [0.25, 0.3) is 0 Å². The zero-order valence-corrected chi connectivity index (χ0v) is 11.6. The summed E-state index contributed by atoms with van der Waals surface area (Å²) in [6.07, 6.45) is 1.50. The molecule has 4 nitrogen and oxygen atoms in total. The molecule has 0 saturated heterocycles. The smallest absolute Gasteiger partial charge is 0.341 e. The number of hydrogen-bond acceptors (Lipinski definition) is 5. The number of benzene rings is 1. The number of methoxy groups -OCH3 is 1. The van der Waals surface area contributed by atoms with Crippen molar-refractivity contribution < 1.29 is 13.9 Å². The summed E-state index contributed by atoms with van der Waals surface area (Å²) in [6, 6.07) is 7.46. The maximum atomic E-state index is 11.5. The summed E-state index contributed by atoms with van der Waals surface area (Å²) in [5, 5.41) is 0. The van der Waals surface area contributed by atoms with Crippen LogP contribution in [0.2, 0.25) is 0 Å². The number of carbonyl (C=O) groups excluding carboxylic acids is 1. The molecule has 0 fully saturated rings. The molecule has 2 rings (SSSR count). The van der Waals surface area contributed by atoms with Gasteiger partial charge in [0.15, 0.2) is 0 Å². The van der Waals surface area contributed by atoms with Crippen LogP contribution in [0, 0.1) is 6.92 Å². The molecular weight excluding hydrogens is 262 g/mol. The largest absolute Gasteiger partial charge is 0.468 e. The molecule has 0 spiro atoms. The third-order valence-corrected chi connectivity index (χ3v) is 3.76. The van der Waals surface area contributed by atoms with E-state index in [1.54, 1.807) is 17.8 Å². The summed E-state index contributed by atoms with van der Waals surface area (Å²) in [6.45, 7) is 1.96. The van der Waals surface area contributed by atoms with Crippen LogP contribution >= 0.6 is 11.8 Å². The highest BCUT2D eigenvalue weighted by molar-refractivity contribution is 7.98. The molecule has 0 amide bonds. The molecule has 2 N–H and O–H groups in total. The minimum absolute atomic E-state index is 0.377. The van der Waals surface area contributed by atoms with Crippen molar-refractivity contribution in [1.29, 1.82) is 0 Å². The predicted octanol–water partition coefficient (Wildman–Crippen LogP) is 3.25. The van der Waals surface area contributed by atoms with Gasteiger partial charge < -0.3 is 14.9 Å². The number of ether oxygens (including phenoxy) is 1. The minimum Gasteiger partial charge on any atom is -0.468 e. The lowest BCUT2D eigenvalue weighted by Gasteiger charge is -2.05. The van der Waals surface area contributed by atoms with Crippen LogP contribution in [-0.2, 0) is 10.5 Å². The second-order valence-electron chi connectivity index (χ2n) is 4.06. The van der Waals surface area contributed by atoms with Gasteiger partial charge in [0.1, 0.15) is 11.3 Å². The molecule has 0 bridgehead atoms. The fourth-order valence-corrected chi connectivity index (χ4v) is 2.58. The number of esters is 1. The highest BCUT2D eigenvalue weighted by Crippen LogP contribution is 2.27. The molecule has 5 heteroatoms. The molecule has 100 valence electrons. The lowest BCUT2D eigenvalue weighted by molar-refractivity contribution is 0.0598. The Morgan fingerprint density at radius 3 is 2.89 bits per heavy atom. The van der Waals surface area contributed by atoms with Crippen molar-refractivity contribution in [2.45, 2.75) is 17.6 Å². The second kappa shape index (κ2) is 5.84. The Hall–Kier alpha value is -1.88. The van der Waals surface area contributed by atoms with Crippen molar-refractivity contribution >= 4 is 23.4 Å².